The number of halogens is 2. The van der Waals surface area contributed by atoms with Crippen molar-refractivity contribution in [2.75, 3.05) is 26.2 Å². The second kappa shape index (κ2) is 9.80. The molecule has 8 heteroatoms. The van der Waals surface area contributed by atoms with Crippen molar-refractivity contribution in [3.8, 4) is 0 Å². The van der Waals surface area contributed by atoms with Crippen LogP contribution in [-0.2, 0) is 14.3 Å². The lowest BCUT2D eigenvalue weighted by atomic mass is 9.99. The Morgan fingerprint density at radius 1 is 1.08 bits per heavy atom. The number of ether oxygens (including phenoxy) is 1. The van der Waals surface area contributed by atoms with Crippen molar-refractivity contribution in [2.24, 2.45) is 11.8 Å². The molecule has 142 valence electrons. The third-order valence-corrected chi connectivity index (χ3v) is 4.57. The number of likely N-dealkylation sites (tertiary alicyclic amines) is 1. The summed E-state index contributed by atoms with van der Waals surface area (Å²) in [5.41, 5.74) is 0. The maximum absolute atomic E-state index is 12.9. The van der Waals surface area contributed by atoms with E-state index in [9.17, 15) is 9.59 Å². The average molecular weight is 385 g/mol. The highest BCUT2D eigenvalue weighted by molar-refractivity contribution is 5.85. The molecular formula is C16H30Cl2N2O4. The van der Waals surface area contributed by atoms with E-state index in [2.05, 4.69) is 18.7 Å². The monoisotopic (exact) mass is 384 g/mol. The fourth-order valence-electron chi connectivity index (χ4n) is 3.66. The van der Waals surface area contributed by atoms with Crippen LogP contribution in [0.5, 0.6) is 0 Å². The molecule has 4 atom stereocenters. The summed E-state index contributed by atoms with van der Waals surface area (Å²) in [6, 6.07) is -0.193. The number of carboxylic acids is 1. The molecule has 2 fully saturated rings. The SMILES string of the molecule is CC1CN(C(C(=O)N2CCC(C(=O)O)C2)C(C)C)CC(C)O1.Cl.Cl. The lowest BCUT2D eigenvalue weighted by Crippen LogP contribution is -2.57. The Labute approximate surface area is 156 Å². The van der Waals surface area contributed by atoms with E-state index in [0.717, 1.165) is 13.1 Å². The molecule has 0 saturated carbocycles. The van der Waals surface area contributed by atoms with Crippen molar-refractivity contribution in [3.05, 3.63) is 0 Å². The Kier molecular flexibility index (Phi) is 9.57. The van der Waals surface area contributed by atoms with E-state index in [-0.39, 0.29) is 54.9 Å². The molecule has 4 unspecified atom stereocenters. The van der Waals surface area contributed by atoms with Crippen LogP contribution >= 0.6 is 24.8 Å². The number of hydrogen-bond donors (Lipinski definition) is 1. The Morgan fingerprint density at radius 2 is 1.62 bits per heavy atom. The number of amides is 1. The van der Waals surface area contributed by atoms with Crippen molar-refractivity contribution in [1.82, 2.24) is 9.80 Å². The first-order chi connectivity index (χ1) is 10.3. The molecule has 2 rings (SSSR count). The van der Waals surface area contributed by atoms with Gasteiger partial charge in [0, 0.05) is 26.2 Å². The van der Waals surface area contributed by atoms with Gasteiger partial charge in [0.05, 0.1) is 24.2 Å². The van der Waals surface area contributed by atoms with Crippen LogP contribution in [-0.4, -0.2) is 71.2 Å². The van der Waals surface area contributed by atoms with Gasteiger partial charge in [0.15, 0.2) is 0 Å². The molecule has 0 bridgehead atoms. The van der Waals surface area contributed by atoms with Crippen LogP contribution in [0.25, 0.3) is 0 Å². The normalized spacial score (nSPS) is 28.9. The molecule has 24 heavy (non-hydrogen) atoms. The van der Waals surface area contributed by atoms with Gasteiger partial charge in [-0.3, -0.25) is 14.5 Å². The Bertz CT molecular complexity index is 426. The number of carbonyl (C=O) groups is 2. The largest absolute Gasteiger partial charge is 0.481 e. The molecule has 0 aromatic carbocycles. The summed E-state index contributed by atoms with van der Waals surface area (Å²) in [5.74, 6) is -0.960. The second-order valence-corrected chi connectivity index (χ2v) is 7.01. The Balaban J connectivity index is 0.00000264. The van der Waals surface area contributed by atoms with E-state index in [4.69, 9.17) is 9.84 Å². The molecule has 1 N–H and O–H groups in total. The first-order valence-electron chi connectivity index (χ1n) is 8.20. The molecular weight excluding hydrogens is 355 g/mol. The third kappa shape index (κ3) is 5.48. The highest BCUT2D eigenvalue weighted by Gasteiger charge is 2.39. The summed E-state index contributed by atoms with van der Waals surface area (Å²) in [6.07, 6.45) is 0.785. The van der Waals surface area contributed by atoms with Gasteiger partial charge in [-0.05, 0) is 26.2 Å². The fourth-order valence-corrected chi connectivity index (χ4v) is 3.66. The van der Waals surface area contributed by atoms with Gasteiger partial charge in [-0.1, -0.05) is 13.8 Å². The number of rotatable bonds is 4. The Hall–Kier alpha value is -0.560. The van der Waals surface area contributed by atoms with Crippen LogP contribution < -0.4 is 0 Å². The lowest BCUT2D eigenvalue weighted by molar-refractivity contribution is -0.145. The smallest absolute Gasteiger partial charge is 0.308 e. The van der Waals surface area contributed by atoms with Gasteiger partial charge >= 0.3 is 5.97 Å². The standard InChI is InChI=1S/C16H28N2O4.2ClH/c1-10(2)14(18-7-11(3)22-12(4)8-18)15(19)17-6-5-13(9-17)16(20)21;;/h10-14H,5-9H2,1-4H3,(H,20,21);2*1H. The minimum absolute atomic E-state index is 0. The predicted molar refractivity (Wildman–Crippen MR) is 97.0 cm³/mol. The zero-order valence-electron chi connectivity index (χ0n) is 14.8. The molecule has 1 amide bonds. The topological polar surface area (TPSA) is 70.1 Å². The van der Waals surface area contributed by atoms with Crippen LogP contribution in [0.2, 0.25) is 0 Å². The van der Waals surface area contributed by atoms with Crippen molar-refractivity contribution >= 4 is 36.7 Å². The maximum Gasteiger partial charge on any atom is 0.308 e. The van der Waals surface area contributed by atoms with Crippen molar-refractivity contribution < 1.29 is 19.4 Å². The minimum Gasteiger partial charge on any atom is -0.481 e. The first kappa shape index (κ1) is 23.4. The summed E-state index contributed by atoms with van der Waals surface area (Å²) in [7, 11) is 0. The molecule has 2 heterocycles. The van der Waals surface area contributed by atoms with Gasteiger partial charge in [0.1, 0.15) is 0 Å². The predicted octanol–water partition coefficient (Wildman–Crippen LogP) is 1.90. The summed E-state index contributed by atoms with van der Waals surface area (Å²) in [5, 5.41) is 9.11. The van der Waals surface area contributed by atoms with E-state index in [1.807, 2.05) is 13.8 Å². The molecule has 0 spiro atoms. The van der Waals surface area contributed by atoms with Crippen LogP contribution in [0, 0.1) is 11.8 Å². The minimum atomic E-state index is -0.801. The fraction of sp³-hybridized carbons (Fsp3) is 0.875. The Morgan fingerprint density at radius 3 is 2.04 bits per heavy atom. The number of aliphatic carboxylic acids is 1. The molecule has 0 aliphatic carbocycles. The molecule has 2 aliphatic heterocycles. The highest BCUT2D eigenvalue weighted by atomic mass is 35.5. The van der Waals surface area contributed by atoms with E-state index >= 15 is 0 Å². The van der Waals surface area contributed by atoms with E-state index in [1.165, 1.54) is 0 Å². The van der Waals surface area contributed by atoms with Crippen LogP contribution in [0.4, 0.5) is 0 Å². The van der Waals surface area contributed by atoms with Crippen molar-refractivity contribution in [1.29, 1.82) is 0 Å². The summed E-state index contributed by atoms with van der Waals surface area (Å²) < 4.78 is 5.76. The third-order valence-electron chi connectivity index (χ3n) is 4.57. The number of hydrogen-bond acceptors (Lipinski definition) is 4. The highest BCUT2D eigenvalue weighted by Crippen LogP contribution is 2.24. The van der Waals surface area contributed by atoms with Gasteiger partial charge in [-0.2, -0.15) is 0 Å². The molecule has 6 nitrogen and oxygen atoms in total. The van der Waals surface area contributed by atoms with Gasteiger partial charge < -0.3 is 14.7 Å². The zero-order chi connectivity index (χ0) is 16.4. The van der Waals surface area contributed by atoms with E-state index in [0.29, 0.717) is 19.5 Å². The average Bonchev–Trinajstić information content (AvgIpc) is 2.86. The summed E-state index contributed by atoms with van der Waals surface area (Å²) in [6.45, 7) is 10.5. The van der Waals surface area contributed by atoms with Gasteiger partial charge in [0.2, 0.25) is 5.91 Å². The lowest BCUT2D eigenvalue weighted by Gasteiger charge is -2.42. The molecule has 2 saturated heterocycles. The first-order valence-corrected chi connectivity index (χ1v) is 8.20. The number of nitrogens with zero attached hydrogens (tertiary/aromatic N) is 2. The zero-order valence-corrected chi connectivity index (χ0v) is 16.4. The number of morpholine rings is 1. The number of carbonyl (C=O) groups excluding carboxylic acids is 1. The second-order valence-electron chi connectivity index (χ2n) is 7.01. The molecule has 0 radical (unpaired) electrons. The van der Waals surface area contributed by atoms with E-state index < -0.39 is 11.9 Å². The van der Waals surface area contributed by atoms with Gasteiger partial charge in [-0.25, -0.2) is 0 Å². The van der Waals surface area contributed by atoms with Crippen LogP contribution in [0.15, 0.2) is 0 Å². The summed E-state index contributed by atoms with van der Waals surface area (Å²) >= 11 is 0. The van der Waals surface area contributed by atoms with Crippen LogP contribution in [0.1, 0.15) is 34.1 Å². The van der Waals surface area contributed by atoms with E-state index in [1.54, 1.807) is 4.90 Å². The van der Waals surface area contributed by atoms with Gasteiger partial charge in [0.25, 0.3) is 0 Å². The van der Waals surface area contributed by atoms with Crippen molar-refractivity contribution in [3.63, 3.8) is 0 Å². The van der Waals surface area contributed by atoms with Gasteiger partial charge in [-0.15, -0.1) is 24.8 Å². The molecule has 0 aromatic heterocycles. The van der Waals surface area contributed by atoms with Crippen molar-refractivity contribution in [2.45, 2.75) is 52.4 Å². The number of carboxylic acid groups (broad SMARTS) is 1. The maximum atomic E-state index is 12.9. The quantitative estimate of drug-likeness (QED) is 0.801. The summed E-state index contributed by atoms with van der Waals surface area (Å²) in [4.78, 5) is 28.0. The molecule has 0 aromatic rings. The molecule has 2 aliphatic rings. The van der Waals surface area contributed by atoms with Crippen LogP contribution in [0.3, 0.4) is 0 Å².